The Morgan fingerprint density at radius 2 is 1.79 bits per heavy atom. The van der Waals surface area contributed by atoms with E-state index in [1.165, 1.54) is 4.31 Å². The Kier molecular flexibility index (Phi) is 6.30. The summed E-state index contributed by atoms with van der Waals surface area (Å²) in [6.07, 6.45) is 3.67. The molecule has 0 fully saturated rings. The number of hydrogen-bond donors (Lipinski definition) is 0. The standard InChI is InChI=1S/C20H19N3O2S2.ClH/c1-22(14-15-26-20-11-5-10-19-21-12-13-23(19)20)27(24,25)18-9-4-7-16-6-2-3-8-17(16)18;/h2-13H,14-15H2,1H3;1H. The van der Waals surface area contributed by atoms with E-state index in [0.29, 0.717) is 17.2 Å². The summed E-state index contributed by atoms with van der Waals surface area (Å²) in [6.45, 7) is 0.418. The molecule has 0 aliphatic carbocycles. The maximum atomic E-state index is 13.1. The summed E-state index contributed by atoms with van der Waals surface area (Å²) in [5.74, 6) is 0.651. The number of sulfonamides is 1. The zero-order valence-corrected chi connectivity index (χ0v) is 17.7. The Hall–Kier alpha value is -2.06. The summed E-state index contributed by atoms with van der Waals surface area (Å²) >= 11 is 1.61. The molecule has 0 spiro atoms. The largest absolute Gasteiger partial charge is 0.294 e. The molecular formula is C20H20ClN3O2S2. The lowest BCUT2D eigenvalue weighted by Gasteiger charge is -2.18. The highest BCUT2D eigenvalue weighted by Gasteiger charge is 2.22. The lowest BCUT2D eigenvalue weighted by molar-refractivity contribution is 0.489. The third kappa shape index (κ3) is 3.89. The second-order valence-electron chi connectivity index (χ2n) is 6.17. The second-order valence-corrected chi connectivity index (χ2v) is 9.30. The molecule has 0 bridgehead atoms. The van der Waals surface area contributed by atoms with Crippen LogP contribution < -0.4 is 0 Å². The summed E-state index contributed by atoms with van der Waals surface area (Å²) < 4.78 is 29.6. The molecular weight excluding hydrogens is 414 g/mol. The van der Waals surface area contributed by atoms with Crippen LogP contribution in [0.5, 0.6) is 0 Å². The van der Waals surface area contributed by atoms with Crippen molar-refractivity contribution in [3.05, 3.63) is 73.1 Å². The third-order valence-electron chi connectivity index (χ3n) is 4.48. The van der Waals surface area contributed by atoms with Crippen molar-refractivity contribution in [1.29, 1.82) is 0 Å². The number of pyridine rings is 1. The second kappa shape index (κ2) is 8.53. The fourth-order valence-electron chi connectivity index (χ4n) is 3.03. The minimum absolute atomic E-state index is 0. The maximum Gasteiger partial charge on any atom is 0.243 e. The number of fused-ring (bicyclic) bond motifs is 2. The van der Waals surface area contributed by atoms with Gasteiger partial charge in [-0.05, 0) is 23.6 Å². The molecule has 0 N–H and O–H groups in total. The van der Waals surface area contributed by atoms with Gasteiger partial charge in [0.2, 0.25) is 10.0 Å². The number of aromatic nitrogens is 2. The first kappa shape index (κ1) is 20.7. The van der Waals surface area contributed by atoms with E-state index in [2.05, 4.69) is 4.98 Å². The van der Waals surface area contributed by atoms with Crippen LogP contribution in [-0.4, -0.2) is 41.5 Å². The number of thioether (sulfide) groups is 1. The van der Waals surface area contributed by atoms with E-state index in [-0.39, 0.29) is 12.4 Å². The molecule has 4 aromatic rings. The first-order chi connectivity index (χ1) is 13.1. The van der Waals surface area contributed by atoms with E-state index >= 15 is 0 Å². The van der Waals surface area contributed by atoms with Crippen LogP contribution >= 0.6 is 24.2 Å². The molecule has 2 aromatic heterocycles. The van der Waals surface area contributed by atoms with Gasteiger partial charge in [0.05, 0.1) is 9.92 Å². The molecule has 0 amide bonds. The normalized spacial score (nSPS) is 11.8. The molecule has 2 heterocycles. The first-order valence-electron chi connectivity index (χ1n) is 8.56. The van der Waals surface area contributed by atoms with E-state index < -0.39 is 10.0 Å². The lowest BCUT2D eigenvalue weighted by Crippen LogP contribution is -2.29. The van der Waals surface area contributed by atoms with Crippen LogP contribution in [0.4, 0.5) is 0 Å². The summed E-state index contributed by atoms with van der Waals surface area (Å²) in [6, 6.07) is 18.9. The van der Waals surface area contributed by atoms with Crippen molar-refractivity contribution in [1.82, 2.24) is 13.7 Å². The highest BCUT2D eigenvalue weighted by molar-refractivity contribution is 7.99. The first-order valence-corrected chi connectivity index (χ1v) is 11.0. The van der Waals surface area contributed by atoms with Gasteiger partial charge in [0.15, 0.2) is 0 Å². The van der Waals surface area contributed by atoms with Crippen molar-refractivity contribution in [2.75, 3.05) is 19.3 Å². The Morgan fingerprint density at radius 1 is 1.04 bits per heavy atom. The Balaban J connectivity index is 0.00000225. The Morgan fingerprint density at radius 3 is 2.64 bits per heavy atom. The summed E-state index contributed by atoms with van der Waals surface area (Å²) in [7, 11) is -1.92. The summed E-state index contributed by atoms with van der Waals surface area (Å²) in [5, 5.41) is 2.72. The fourth-order valence-corrected chi connectivity index (χ4v) is 5.57. The molecule has 146 valence electrons. The molecule has 5 nitrogen and oxygen atoms in total. The van der Waals surface area contributed by atoms with Crippen LogP contribution in [0.15, 0.2) is 83.0 Å². The highest BCUT2D eigenvalue weighted by Crippen LogP contribution is 2.26. The predicted octanol–water partition coefficient (Wildman–Crippen LogP) is 4.32. The van der Waals surface area contributed by atoms with Gasteiger partial charge in [-0.1, -0.05) is 42.5 Å². The quantitative estimate of drug-likeness (QED) is 0.425. The molecule has 28 heavy (non-hydrogen) atoms. The van der Waals surface area contributed by atoms with Crippen LogP contribution in [0.2, 0.25) is 0 Å². The van der Waals surface area contributed by atoms with Gasteiger partial charge in [0.25, 0.3) is 0 Å². The van der Waals surface area contributed by atoms with Crippen LogP contribution in [0.1, 0.15) is 0 Å². The van der Waals surface area contributed by atoms with Gasteiger partial charge >= 0.3 is 0 Å². The molecule has 0 unspecified atom stereocenters. The van der Waals surface area contributed by atoms with E-state index in [9.17, 15) is 8.42 Å². The van der Waals surface area contributed by atoms with Crippen molar-refractivity contribution in [3.63, 3.8) is 0 Å². The zero-order chi connectivity index (χ0) is 18.9. The van der Waals surface area contributed by atoms with Crippen molar-refractivity contribution < 1.29 is 8.42 Å². The van der Waals surface area contributed by atoms with Crippen molar-refractivity contribution in [2.45, 2.75) is 9.92 Å². The van der Waals surface area contributed by atoms with Crippen molar-refractivity contribution in [3.8, 4) is 0 Å². The van der Waals surface area contributed by atoms with E-state index in [4.69, 9.17) is 0 Å². The number of nitrogens with zero attached hydrogens (tertiary/aromatic N) is 3. The summed E-state index contributed by atoms with van der Waals surface area (Å²) in [5.41, 5.74) is 0.886. The minimum atomic E-state index is -3.55. The maximum absolute atomic E-state index is 13.1. The number of imidazole rings is 1. The number of halogens is 1. The monoisotopic (exact) mass is 433 g/mol. The molecule has 2 aromatic carbocycles. The van der Waals surface area contributed by atoms with Crippen LogP contribution in [-0.2, 0) is 10.0 Å². The Labute approximate surface area is 174 Å². The van der Waals surface area contributed by atoms with Gasteiger partial charge in [-0.15, -0.1) is 24.2 Å². The minimum Gasteiger partial charge on any atom is -0.294 e. The summed E-state index contributed by atoms with van der Waals surface area (Å²) in [4.78, 5) is 4.63. The highest BCUT2D eigenvalue weighted by atomic mass is 35.5. The van der Waals surface area contributed by atoms with Gasteiger partial charge in [0, 0.05) is 37.1 Å². The molecule has 0 atom stereocenters. The zero-order valence-electron chi connectivity index (χ0n) is 15.2. The third-order valence-corrected chi connectivity index (χ3v) is 7.42. The van der Waals surface area contributed by atoms with Crippen molar-refractivity contribution >= 4 is 50.6 Å². The van der Waals surface area contributed by atoms with Gasteiger partial charge in [-0.3, -0.25) is 4.40 Å². The van der Waals surface area contributed by atoms with Gasteiger partial charge < -0.3 is 0 Å². The number of hydrogen-bond acceptors (Lipinski definition) is 4. The van der Waals surface area contributed by atoms with Gasteiger partial charge in [-0.25, -0.2) is 17.7 Å². The van der Waals surface area contributed by atoms with Gasteiger partial charge in [-0.2, -0.15) is 0 Å². The SMILES string of the molecule is CN(CCSc1cccc2nccn12)S(=O)(=O)c1cccc2ccccc12.Cl. The lowest BCUT2D eigenvalue weighted by atomic mass is 10.1. The Bertz CT molecular complexity index is 1200. The number of benzene rings is 2. The van der Waals surface area contributed by atoms with Crippen LogP contribution in [0.3, 0.4) is 0 Å². The van der Waals surface area contributed by atoms with E-state index in [1.807, 2.05) is 59.1 Å². The fraction of sp³-hybridized carbons (Fsp3) is 0.150. The van der Waals surface area contributed by atoms with Crippen LogP contribution in [0, 0.1) is 0 Å². The molecule has 0 radical (unpaired) electrons. The molecule has 8 heteroatoms. The number of rotatable bonds is 6. The van der Waals surface area contributed by atoms with Crippen molar-refractivity contribution in [2.24, 2.45) is 0 Å². The smallest absolute Gasteiger partial charge is 0.243 e. The molecule has 0 aliphatic rings. The average molecular weight is 434 g/mol. The topological polar surface area (TPSA) is 54.7 Å². The molecule has 0 saturated heterocycles. The predicted molar refractivity (Wildman–Crippen MR) is 117 cm³/mol. The molecule has 4 rings (SSSR count). The average Bonchev–Trinajstić information content (AvgIpc) is 3.17. The van der Waals surface area contributed by atoms with E-state index in [0.717, 1.165) is 21.4 Å². The van der Waals surface area contributed by atoms with Gasteiger partial charge in [0.1, 0.15) is 5.65 Å². The van der Waals surface area contributed by atoms with Crippen LogP contribution in [0.25, 0.3) is 16.4 Å². The molecule has 0 saturated carbocycles. The van der Waals surface area contributed by atoms with E-state index in [1.54, 1.807) is 37.1 Å². The molecule has 0 aliphatic heterocycles.